The molecule has 0 spiro atoms. The molecule has 0 aromatic heterocycles. The monoisotopic (exact) mass is 776 g/mol. The molecule has 55 heavy (non-hydrogen) atoms. The van der Waals surface area contributed by atoms with Gasteiger partial charge in [-0.25, -0.2) is 0 Å². The molecule has 0 amide bonds. The zero-order valence-corrected chi connectivity index (χ0v) is 32.1. The molecule has 0 radical (unpaired) electrons. The number of aromatic hydroxyl groups is 3. The summed E-state index contributed by atoms with van der Waals surface area (Å²) in [6.45, 7) is 1.15. The third kappa shape index (κ3) is 11.2. The summed E-state index contributed by atoms with van der Waals surface area (Å²) < 4.78 is 7.17. The molecule has 294 valence electrons. The molecule has 0 aliphatic carbocycles. The van der Waals surface area contributed by atoms with Gasteiger partial charge in [-0.2, -0.15) is 0 Å². The summed E-state index contributed by atoms with van der Waals surface area (Å²) in [5.74, 6) is -4.75. The standard InChI is InChI=1S/C42H49O12P/c1-26-7-9-35(43)31(19-26)23-29-5-4-6-30(24-33-21-28(3)22-34(41(33)53)25-32-20-27(2)8-10-36(32)44)42(29)54-55(15-11-37(45)46,16-12-38(47)48,17-13-39(49)50)18-14-40(51)52/h4-10,19-22,43-44,53H,11-18,23-25H2,1-3H3,(H,45,46)(H,47,48)(H,49,50)(H,51,52). The third-order valence-electron chi connectivity index (χ3n) is 10.1. The molecular formula is C42H49O12P. The summed E-state index contributed by atoms with van der Waals surface area (Å²) in [6, 6.07) is 19.1. The number of carboxylic acids is 4. The second-order valence-corrected chi connectivity index (χ2v) is 20.2. The molecule has 0 aliphatic rings. The Balaban J connectivity index is 2.00. The van der Waals surface area contributed by atoms with E-state index in [0.717, 1.165) is 16.7 Å². The van der Waals surface area contributed by atoms with Crippen LogP contribution in [0.5, 0.6) is 23.0 Å². The van der Waals surface area contributed by atoms with Crippen LogP contribution in [0.4, 0.5) is 0 Å². The van der Waals surface area contributed by atoms with Gasteiger partial charge < -0.3 is 0 Å². The van der Waals surface area contributed by atoms with Crippen molar-refractivity contribution in [3.63, 3.8) is 0 Å². The molecule has 13 heteroatoms. The number of phenols is 3. The SMILES string of the molecule is Cc1ccc(O)c(Cc2cc(C)cc(Cc3cccc(Cc4cc(C)ccc4O)c3OP(CCC(=O)O)(CCC(=O)O)(CCC(=O)O)CCC(=O)O)c2O)c1. The Morgan fingerprint density at radius 3 is 1.22 bits per heavy atom. The minimum atomic E-state index is -4.46. The topological polar surface area (TPSA) is 219 Å². The fourth-order valence-electron chi connectivity index (χ4n) is 7.19. The second-order valence-electron chi connectivity index (χ2n) is 14.6. The zero-order valence-electron chi connectivity index (χ0n) is 31.2. The Labute approximate surface area is 319 Å². The number of para-hydroxylation sites is 1. The Morgan fingerprint density at radius 2 is 0.836 bits per heavy atom. The first kappa shape index (κ1) is 42.1. The first-order valence-corrected chi connectivity index (χ1v) is 20.8. The van der Waals surface area contributed by atoms with Crippen LogP contribution in [0.15, 0.2) is 66.7 Å². The van der Waals surface area contributed by atoms with Gasteiger partial charge >= 0.3 is 320 Å². The third-order valence-corrected chi connectivity index (χ3v) is 16.2. The molecule has 0 unspecified atom stereocenters. The van der Waals surface area contributed by atoms with Gasteiger partial charge in [-0.3, -0.25) is 0 Å². The molecule has 4 aromatic rings. The van der Waals surface area contributed by atoms with Crippen molar-refractivity contribution in [1.29, 1.82) is 0 Å². The minimum absolute atomic E-state index is 0.00618. The van der Waals surface area contributed by atoms with Crippen molar-refractivity contribution in [3.05, 3.63) is 117 Å². The maximum absolute atomic E-state index is 12.2. The summed E-state index contributed by atoms with van der Waals surface area (Å²) >= 11 is 0. The molecule has 0 fully saturated rings. The fraction of sp³-hybridized carbons (Fsp3) is 0.333. The number of hydrogen-bond donors (Lipinski definition) is 7. The zero-order chi connectivity index (χ0) is 40.5. The van der Waals surface area contributed by atoms with Gasteiger partial charge in [0.1, 0.15) is 0 Å². The average Bonchev–Trinajstić information content (AvgIpc) is 3.11. The van der Waals surface area contributed by atoms with Crippen molar-refractivity contribution >= 4 is 30.7 Å². The van der Waals surface area contributed by atoms with E-state index in [2.05, 4.69) is 0 Å². The molecule has 0 aliphatic heterocycles. The first-order valence-electron chi connectivity index (χ1n) is 17.9. The molecular weight excluding hydrogens is 727 g/mol. The summed E-state index contributed by atoms with van der Waals surface area (Å²) in [7, 11) is 0. The van der Waals surface area contributed by atoms with Crippen LogP contribution in [0.3, 0.4) is 0 Å². The summed E-state index contributed by atoms with van der Waals surface area (Å²) in [5.41, 5.74) is 5.74. The predicted molar refractivity (Wildman–Crippen MR) is 209 cm³/mol. The normalized spacial score (nSPS) is 12.1. The van der Waals surface area contributed by atoms with Gasteiger partial charge in [0.05, 0.1) is 0 Å². The van der Waals surface area contributed by atoms with Crippen LogP contribution in [-0.2, 0) is 38.4 Å². The summed E-state index contributed by atoms with van der Waals surface area (Å²) in [6.07, 6.45) is -2.87. The quantitative estimate of drug-likeness (QED) is 0.0442. The van der Waals surface area contributed by atoms with Crippen LogP contribution < -0.4 is 4.52 Å². The molecule has 7 N–H and O–H groups in total. The second kappa shape index (κ2) is 17.7. The Hall–Kier alpha value is -5.61. The molecule has 4 rings (SSSR count). The molecule has 0 saturated heterocycles. The van der Waals surface area contributed by atoms with Gasteiger partial charge in [0, 0.05) is 0 Å². The van der Waals surface area contributed by atoms with Crippen LogP contribution >= 0.6 is 6.83 Å². The van der Waals surface area contributed by atoms with Gasteiger partial charge in [-0.1, -0.05) is 0 Å². The Morgan fingerprint density at radius 1 is 0.491 bits per heavy atom. The van der Waals surface area contributed by atoms with E-state index in [9.17, 15) is 54.9 Å². The van der Waals surface area contributed by atoms with Crippen LogP contribution in [-0.4, -0.2) is 84.3 Å². The molecule has 4 aromatic carbocycles. The number of hydrogen-bond acceptors (Lipinski definition) is 8. The summed E-state index contributed by atoms with van der Waals surface area (Å²) in [4.78, 5) is 48.6. The Bertz CT molecular complexity index is 2010. The fourth-order valence-corrected chi connectivity index (χ4v) is 12.7. The van der Waals surface area contributed by atoms with E-state index in [1.165, 1.54) is 0 Å². The number of aryl methyl sites for hydroxylation is 3. The van der Waals surface area contributed by atoms with Crippen LogP contribution in [0.2, 0.25) is 0 Å². The molecule has 0 bridgehead atoms. The van der Waals surface area contributed by atoms with Gasteiger partial charge in [0.2, 0.25) is 0 Å². The predicted octanol–water partition coefficient (Wildman–Crippen LogP) is 7.25. The van der Waals surface area contributed by atoms with Gasteiger partial charge in [-0.05, 0) is 0 Å². The molecule has 12 nitrogen and oxygen atoms in total. The van der Waals surface area contributed by atoms with Crippen LogP contribution in [0.25, 0.3) is 0 Å². The number of carboxylic acid groups (broad SMARTS) is 4. The Kier molecular flexibility index (Phi) is 13.5. The van der Waals surface area contributed by atoms with E-state index in [1.807, 2.05) is 32.9 Å². The van der Waals surface area contributed by atoms with Crippen molar-refractivity contribution in [2.45, 2.75) is 65.7 Å². The van der Waals surface area contributed by atoms with Crippen LogP contribution in [0, 0.1) is 20.8 Å². The molecule has 0 heterocycles. The van der Waals surface area contributed by atoms with Crippen molar-refractivity contribution in [2.75, 3.05) is 24.6 Å². The van der Waals surface area contributed by atoms with Crippen molar-refractivity contribution in [1.82, 2.24) is 0 Å². The van der Waals surface area contributed by atoms with E-state index < -0.39 is 56.4 Å². The average molecular weight is 777 g/mol. The van der Waals surface area contributed by atoms with E-state index in [4.69, 9.17) is 4.52 Å². The van der Waals surface area contributed by atoms with Gasteiger partial charge in [-0.15, -0.1) is 0 Å². The number of phenolic OH excluding ortho intramolecular Hbond substituents is 3. The van der Waals surface area contributed by atoms with Gasteiger partial charge in [0.25, 0.3) is 0 Å². The number of rotatable bonds is 20. The maximum atomic E-state index is 12.2. The van der Waals surface area contributed by atoms with E-state index in [1.54, 1.807) is 54.6 Å². The van der Waals surface area contributed by atoms with E-state index >= 15 is 0 Å². The van der Waals surface area contributed by atoms with Gasteiger partial charge in [0.15, 0.2) is 0 Å². The number of aliphatic carboxylic acids is 4. The number of carbonyl (C=O) groups is 4. The molecule has 0 saturated carbocycles. The first-order chi connectivity index (χ1) is 25.9. The van der Waals surface area contributed by atoms with E-state index in [-0.39, 0.29) is 66.9 Å². The van der Waals surface area contributed by atoms with Crippen molar-refractivity contribution in [2.24, 2.45) is 0 Å². The molecule has 0 atom stereocenters. The van der Waals surface area contributed by atoms with Crippen LogP contribution in [0.1, 0.15) is 75.8 Å². The van der Waals surface area contributed by atoms with Crippen molar-refractivity contribution in [3.8, 4) is 23.0 Å². The summed E-state index contributed by atoms with van der Waals surface area (Å²) in [5, 5.41) is 72.8. The number of benzene rings is 4. The van der Waals surface area contributed by atoms with Crippen molar-refractivity contribution < 1.29 is 59.4 Å². The van der Waals surface area contributed by atoms with E-state index in [0.29, 0.717) is 33.4 Å².